The minimum atomic E-state index is -0.506. The molecule has 0 bridgehead atoms. The Kier molecular flexibility index (Phi) is 6.83. The summed E-state index contributed by atoms with van der Waals surface area (Å²) in [7, 11) is 0. The van der Waals surface area contributed by atoms with Crippen molar-refractivity contribution in [2.24, 2.45) is 0 Å². The van der Waals surface area contributed by atoms with E-state index in [-0.39, 0.29) is 10.7 Å². The van der Waals surface area contributed by atoms with Crippen LogP contribution in [0.5, 0.6) is 11.5 Å². The summed E-state index contributed by atoms with van der Waals surface area (Å²) in [6, 6.07) is 24.9. The van der Waals surface area contributed by atoms with Gasteiger partial charge in [-0.05, 0) is 108 Å². The summed E-state index contributed by atoms with van der Waals surface area (Å²) in [6.07, 6.45) is 1.68. The predicted molar refractivity (Wildman–Crippen MR) is 156 cm³/mol. The van der Waals surface area contributed by atoms with E-state index in [4.69, 9.17) is 17.0 Å². The number of rotatable bonds is 5. The number of anilines is 1. The zero-order valence-corrected chi connectivity index (χ0v) is 22.6. The van der Waals surface area contributed by atoms with Gasteiger partial charge in [0, 0.05) is 0 Å². The summed E-state index contributed by atoms with van der Waals surface area (Å²) in [5.74, 6) is 0.740. The topological polar surface area (TPSA) is 58.6 Å². The zero-order chi connectivity index (χ0) is 27.0. The fraction of sp³-hybridized carbons (Fsp3) is 0.156. The number of benzene rings is 2. The highest BCUT2D eigenvalue weighted by Gasteiger charge is 2.35. The number of fused-ring (bicyclic) bond motifs is 1. The molecule has 2 aromatic rings. The number of ether oxygens (including phenoxy) is 1. The fourth-order valence-electron chi connectivity index (χ4n) is 4.69. The normalized spacial score (nSPS) is 14.9. The highest BCUT2D eigenvalue weighted by molar-refractivity contribution is 7.80. The van der Waals surface area contributed by atoms with Crippen LogP contribution in [0, 0.1) is 13.8 Å². The van der Waals surface area contributed by atoms with Crippen LogP contribution in [0.15, 0.2) is 84.4 Å². The van der Waals surface area contributed by atoms with Crippen molar-refractivity contribution in [2.45, 2.75) is 33.6 Å². The molecule has 1 aliphatic heterocycles. The number of hydrogen-bond donors (Lipinski definition) is 1. The van der Waals surface area contributed by atoms with Crippen molar-refractivity contribution in [3.63, 3.8) is 0 Å². The highest BCUT2D eigenvalue weighted by Crippen LogP contribution is 2.38. The van der Waals surface area contributed by atoms with E-state index in [0.717, 1.165) is 27.8 Å². The average molecular weight is 521 g/mol. The van der Waals surface area contributed by atoms with Crippen molar-refractivity contribution >= 4 is 40.9 Å². The van der Waals surface area contributed by atoms with Gasteiger partial charge in [0.05, 0.1) is 5.69 Å². The second-order valence-corrected chi connectivity index (χ2v) is 10.1. The standard InChI is InChI=1S/C32H28N2O3S/c1-19(2)22-11-10-20(3)29-23(16-21(4)27(29)17-22)18-28-30(35)33-32(38)34(31(28)36)24-12-14-26(15-13-24)37-25-8-6-5-7-9-25/h5-19H,1-4H3,(H,33,35,38). The van der Waals surface area contributed by atoms with Gasteiger partial charge >= 0.3 is 0 Å². The fourth-order valence-corrected chi connectivity index (χ4v) is 4.97. The van der Waals surface area contributed by atoms with Crippen LogP contribution in [0.25, 0.3) is 17.2 Å². The van der Waals surface area contributed by atoms with Crippen LogP contribution in [0.1, 0.15) is 42.0 Å². The molecule has 0 spiro atoms. The summed E-state index contributed by atoms with van der Waals surface area (Å²) < 4.78 is 5.86. The van der Waals surface area contributed by atoms with Gasteiger partial charge in [0.25, 0.3) is 11.8 Å². The summed E-state index contributed by atoms with van der Waals surface area (Å²) in [5.41, 5.74) is 6.97. The number of amides is 2. The lowest BCUT2D eigenvalue weighted by atomic mass is 9.99. The molecule has 0 atom stereocenters. The number of nitrogens with one attached hydrogen (secondary N) is 1. The van der Waals surface area contributed by atoms with Gasteiger partial charge in [-0.2, -0.15) is 0 Å². The van der Waals surface area contributed by atoms with Crippen molar-refractivity contribution in [2.75, 3.05) is 4.90 Å². The first-order valence-corrected chi connectivity index (χ1v) is 12.9. The third kappa shape index (κ3) is 4.83. The molecule has 1 heterocycles. The molecule has 0 radical (unpaired) electrons. The smallest absolute Gasteiger partial charge is 0.270 e. The maximum Gasteiger partial charge on any atom is 0.270 e. The lowest BCUT2D eigenvalue weighted by Crippen LogP contribution is -2.54. The first-order valence-electron chi connectivity index (χ1n) is 12.5. The van der Waals surface area contributed by atoms with Crippen LogP contribution in [-0.2, 0) is 9.59 Å². The summed E-state index contributed by atoms with van der Waals surface area (Å²) >= 11 is 5.39. The van der Waals surface area contributed by atoms with E-state index in [9.17, 15) is 9.59 Å². The van der Waals surface area contributed by atoms with E-state index in [0.29, 0.717) is 23.1 Å². The minimum absolute atomic E-state index is 0.0325. The molecular formula is C32H28N2O3S. The molecule has 3 aliphatic rings. The number of para-hydroxylation sites is 1. The lowest BCUT2D eigenvalue weighted by Gasteiger charge is -2.29. The van der Waals surface area contributed by atoms with Crippen molar-refractivity contribution in [1.29, 1.82) is 0 Å². The minimum Gasteiger partial charge on any atom is -0.457 e. The number of carbonyl (C=O) groups is 2. The summed E-state index contributed by atoms with van der Waals surface area (Å²) in [6.45, 7) is 8.44. The number of aryl methyl sites for hydroxylation is 2. The van der Waals surface area contributed by atoms with Gasteiger partial charge < -0.3 is 4.74 Å². The monoisotopic (exact) mass is 520 g/mol. The van der Waals surface area contributed by atoms with Crippen molar-refractivity contribution in [1.82, 2.24) is 5.32 Å². The van der Waals surface area contributed by atoms with Crippen LogP contribution in [0.4, 0.5) is 5.69 Å². The Morgan fingerprint density at radius 2 is 1.55 bits per heavy atom. The summed E-state index contributed by atoms with van der Waals surface area (Å²) in [5, 5.41) is 2.72. The highest BCUT2D eigenvalue weighted by atomic mass is 32.1. The Morgan fingerprint density at radius 1 is 0.868 bits per heavy atom. The molecule has 38 heavy (non-hydrogen) atoms. The second-order valence-electron chi connectivity index (χ2n) is 9.75. The van der Waals surface area contributed by atoms with Gasteiger partial charge in [-0.1, -0.05) is 56.3 Å². The quantitative estimate of drug-likeness (QED) is 0.172. The third-order valence-electron chi connectivity index (χ3n) is 6.73. The molecule has 0 unspecified atom stereocenters. The first kappa shape index (κ1) is 25.4. The van der Waals surface area contributed by atoms with Crippen LogP contribution in [-0.4, -0.2) is 16.9 Å². The lowest BCUT2D eigenvalue weighted by molar-refractivity contribution is -0.122. The molecule has 5 rings (SSSR count). The molecule has 2 aliphatic carbocycles. The maximum atomic E-state index is 13.6. The molecule has 1 saturated heterocycles. The van der Waals surface area contributed by atoms with E-state index >= 15 is 0 Å². The molecular weight excluding hydrogens is 492 g/mol. The van der Waals surface area contributed by atoms with Gasteiger partial charge in [-0.3, -0.25) is 19.8 Å². The van der Waals surface area contributed by atoms with E-state index in [1.165, 1.54) is 10.5 Å². The largest absolute Gasteiger partial charge is 0.457 e. The number of nitrogens with zero attached hydrogens (tertiary/aromatic N) is 1. The first-order chi connectivity index (χ1) is 18.2. The predicted octanol–water partition coefficient (Wildman–Crippen LogP) is 7.16. The zero-order valence-electron chi connectivity index (χ0n) is 21.7. The molecule has 190 valence electrons. The van der Waals surface area contributed by atoms with Crippen LogP contribution in [0.3, 0.4) is 0 Å². The van der Waals surface area contributed by atoms with Crippen LogP contribution in [0.2, 0.25) is 0 Å². The molecule has 1 fully saturated rings. The van der Waals surface area contributed by atoms with Gasteiger partial charge in [-0.25, -0.2) is 0 Å². The number of carbonyl (C=O) groups excluding carboxylic acids is 2. The van der Waals surface area contributed by atoms with Gasteiger partial charge in [0.2, 0.25) is 0 Å². The van der Waals surface area contributed by atoms with Gasteiger partial charge in [0.1, 0.15) is 17.1 Å². The van der Waals surface area contributed by atoms with Crippen LogP contribution >= 0.6 is 12.2 Å². The van der Waals surface area contributed by atoms with E-state index in [1.807, 2.05) is 36.4 Å². The van der Waals surface area contributed by atoms with Gasteiger partial charge in [-0.15, -0.1) is 0 Å². The van der Waals surface area contributed by atoms with Crippen molar-refractivity contribution < 1.29 is 14.3 Å². The Morgan fingerprint density at radius 3 is 2.24 bits per heavy atom. The molecule has 2 amide bonds. The molecule has 2 aromatic carbocycles. The molecule has 5 nitrogen and oxygen atoms in total. The Balaban J connectivity index is 1.49. The Bertz CT molecular complexity index is 1560. The maximum absolute atomic E-state index is 13.6. The van der Waals surface area contributed by atoms with E-state index in [2.05, 4.69) is 51.2 Å². The van der Waals surface area contributed by atoms with Crippen molar-refractivity contribution in [3.8, 4) is 22.6 Å². The van der Waals surface area contributed by atoms with E-state index < -0.39 is 11.8 Å². The summed E-state index contributed by atoms with van der Waals surface area (Å²) in [4.78, 5) is 27.9. The molecule has 0 saturated carbocycles. The molecule has 6 heteroatoms. The number of hydrogen-bond acceptors (Lipinski definition) is 4. The van der Waals surface area contributed by atoms with Crippen molar-refractivity contribution in [3.05, 3.63) is 107 Å². The van der Waals surface area contributed by atoms with Crippen LogP contribution < -0.4 is 15.0 Å². The third-order valence-corrected chi connectivity index (χ3v) is 7.01. The number of thiocarbonyl (C=S) groups is 1. The molecule has 1 N–H and O–H groups in total. The Labute approximate surface area is 228 Å². The second kappa shape index (κ2) is 10.2. The molecule has 0 aromatic heterocycles. The average Bonchev–Trinajstić information content (AvgIpc) is 3.07. The SMILES string of the molecule is Cc1cc(C=C2C(=O)NC(=S)N(c3ccc(Oc4ccccc4)cc3)C2=O)c2c(C)ccc(C(C)C)cc1-2. The Hall–Kier alpha value is -4.29. The van der Waals surface area contributed by atoms with E-state index in [1.54, 1.807) is 30.3 Å². The van der Waals surface area contributed by atoms with Gasteiger partial charge in [0.15, 0.2) is 5.11 Å².